The molecule has 110 valence electrons. The molecule has 2 rings (SSSR count). The van der Waals surface area contributed by atoms with Crippen molar-refractivity contribution in [3.63, 3.8) is 0 Å². The van der Waals surface area contributed by atoms with Crippen LogP contribution in [-0.2, 0) is 4.79 Å². The van der Waals surface area contributed by atoms with E-state index in [9.17, 15) is 4.79 Å². The number of hydrogen-bond acceptors (Lipinski definition) is 3. The van der Waals surface area contributed by atoms with Crippen LogP contribution in [0.25, 0.3) is 0 Å². The van der Waals surface area contributed by atoms with Crippen LogP contribution < -0.4 is 0 Å². The van der Waals surface area contributed by atoms with Crippen LogP contribution in [0.3, 0.4) is 0 Å². The second-order valence-electron chi connectivity index (χ2n) is 5.28. The molecule has 1 aromatic heterocycles. The maximum Gasteiger partial charge on any atom is 0.226 e. The molecular formula is C16H24N2OS. The van der Waals surface area contributed by atoms with Gasteiger partial charge in [-0.25, -0.2) is 0 Å². The fraction of sp³-hybridized carbons (Fsp3) is 0.625. The summed E-state index contributed by atoms with van der Waals surface area (Å²) in [4.78, 5) is 18.9. The Labute approximate surface area is 126 Å². The fourth-order valence-electron chi connectivity index (χ4n) is 2.69. The summed E-state index contributed by atoms with van der Waals surface area (Å²) >= 11 is 1.86. The fourth-order valence-corrected chi connectivity index (χ4v) is 3.95. The molecule has 4 heteroatoms. The molecule has 0 spiro atoms. The van der Waals surface area contributed by atoms with Crippen LogP contribution in [0.4, 0.5) is 0 Å². The van der Waals surface area contributed by atoms with Gasteiger partial charge in [-0.1, -0.05) is 26.7 Å². The van der Waals surface area contributed by atoms with Crippen LogP contribution in [0, 0.1) is 5.92 Å². The molecular weight excluding hydrogens is 268 g/mol. The molecule has 0 aromatic carbocycles. The Morgan fingerprint density at radius 2 is 2.20 bits per heavy atom. The van der Waals surface area contributed by atoms with E-state index >= 15 is 0 Å². The minimum absolute atomic E-state index is 0.182. The number of hydrogen-bond donors (Lipinski definition) is 0. The zero-order chi connectivity index (χ0) is 14.4. The summed E-state index contributed by atoms with van der Waals surface area (Å²) in [5, 5.41) is 0.182. The molecule has 1 fully saturated rings. The molecule has 1 amide bonds. The molecule has 0 radical (unpaired) electrons. The van der Waals surface area contributed by atoms with Crippen molar-refractivity contribution in [2.75, 3.05) is 12.3 Å². The predicted molar refractivity (Wildman–Crippen MR) is 84.5 cm³/mol. The Balaban J connectivity index is 2.08. The van der Waals surface area contributed by atoms with Gasteiger partial charge in [0.05, 0.1) is 0 Å². The van der Waals surface area contributed by atoms with Crippen LogP contribution in [0.1, 0.15) is 50.5 Å². The van der Waals surface area contributed by atoms with E-state index in [4.69, 9.17) is 0 Å². The van der Waals surface area contributed by atoms with Gasteiger partial charge in [0.2, 0.25) is 5.91 Å². The summed E-state index contributed by atoms with van der Waals surface area (Å²) in [6.45, 7) is 5.19. The van der Waals surface area contributed by atoms with Gasteiger partial charge < -0.3 is 4.90 Å². The van der Waals surface area contributed by atoms with Gasteiger partial charge in [0.15, 0.2) is 0 Å². The maximum absolute atomic E-state index is 12.8. The van der Waals surface area contributed by atoms with E-state index in [0.717, 1.165) is 38.0 Å². The van der Waals surface area contributed by atoms with Crippen molar-refractivity contribution in [3.8, 4) is 0 Å². The quantitative estimate of drug-likeness (QED) is 0.798. The monoisotopic (exact) mass is 292 g/mol. The number of thioether (sulfide) groups is 1. The lowest BCUT2D eigenvalue weighted by molar-refractivity contribution is -0.136. The van der Waals surface area contributed by atoms with Crippen molar-refractivity contribution < 1.29 is 4.79 Å². The van der Waals surface area contributed by atoms with Gasteiger partial charge in [-0.3, -0.25) is 9.78 Å². The molecule has 0 bridgehead atoms. The second kappa shape index (κ2) is 7.67. The third-order valence-corrected chi connectivity index (χ3v) is 5.17. The van der Waals surface area contributed by atoms with Gasteiger partial charge in [-0.05, 0) is 30.5 Å². The number of aromatic nitrogens is 1. The summed E-state index contributed by atoms with van der Waals surface area (Å²) in [5.41, 5.74) is 1.20. The Bertz CT molecular complexity index is 424. The normalized spacial score (nSPS) is 20.1. The van der Waals surface area contributed by atoms with Crippen LogP contribution in [0.2, 0.25) is 0 Å². The van der Waals surface area contributed by atoms with Gasteiger partial charge in [-0.15, -0.1) is 11.8 Å². The first-order valence-corrected chi connectivity index (χ1v) is 8.64. The Morgan fingerprint density at radius 3 is 2.85 bits per heavy atom. The lowest BCUT2D eigenvalue weighted by atomic mass is 9.97. The molecule has 2 heterocycles. The minimum Gasteiger partial charge on any atom is -0.325 e. The topological polar surface area (TPSA) is 33.2 Å². The molecule has 1 aliphatic heterocycles. The molecule has 20 heavy (non-hydrogen) atoms. The van der Waals surface area contributed by atoms with E-state index in [-0.39, 0.29) is 11.3 Å². The van der Waals surface area contributed by atoms with Crippen molar-refractivity contribution in [1.29, 1.82) is 0 Å². The van der Waals surface area contributed by atoms with Gasteiger partial charge in [0.25, 0.3) is 0 Å². The summed E-state index contributed by atoms with van der Waals surface area (Å²) in [5.74, 6) is 1.56. The third-order valence-electron chi connectivity index (χ3n) is 3.91. The zero-order valence-corrected chi connectivity index (χ0v) is 13.2. The molecule has 3 nitrogen and oxygen atoms in total. The summed E-state index contributed by atoms with van der Waals surface area (Å²) in [6.07, 6.45) is 7.90. The van der Waals surface area contributed by atoms with Crippen molar-refractivity contribution in [1.82, 2.24) is 9.88 Å². The average Bonchev–Trinajstić information content (AvgIpc) is 2.98. The first-order valence-electron chi connectivity index (χ1n) is 7.60. The molecule has 1 aromatic rings. The van der Waals surface area contributed by atoms with E-state index in [1.54, 1.807) is 0 Å². The third kappa shape index (κ3) is 3.54. The Kier molecular flexibility index (Phi) is 5.89. The first kappa shape index (κ1) is 15.4. The second-order valence-corrected chi connectivity index (χ2v) is 6.47. The summed E-state index contributed by atoms with van der Waals surface area (Å²) in [6, 6.07) is 4.05. The number of carbonyl (C=O) groups excluding carboxylic acids is 1. The SMILES string of the molecule is CCCCC(CC)C(=O)N1CCSC1c1ccncc1. The zero-order valence-electron chi connectivity index (χ0n) is 12.4. The van der Waals surface area contributed by atoms with E-state index in [0.29, 0.717) is 5.91 Å². The summed E-state index contributed by atoms with van der Waals surface area (Å²) in [7, 11) is 0. The van der Waals surface area contributed by atoms with E-state index in [2.05, 4.69) is 23.7 Å². The minimum atomic E-state index is 0.182. The number of pyridine rings is 1. The molecule has 0 saturated carbocycles. The van der Waals surface area contributed by atoms with Crippen molar-refractivity contribution >= 4 is 17.7 Å². The van der Waals surface area contributed by atoms with E-state index < -0.39 is 0 Å². The van der Waals surface area contributed by atoms with E-state index in [1.807, 2.05) is 36.3 Å². The van der Waals surface area contributed by atoms with Gasteiger partial charge >= 0.3 is 0 Å². The number of carbonyl (C=O) groups is 1. The first-order chi connectivity index (χ1) is 9.77. The summed E-state index contributed by atoms with van der Waals surface area (Å²) < 4.78 is 0. The van der Waals surface area contributed by atoms with E-state index in [1.165, 1.54) is 5.56 Å². The smallest absolute Gasteiger partial charge is 0.226 e. The Morgan fingerprint density at radius 1 is 1.45 bits per heavy atom. The van der Waals surface area contributed by atoms with Crippen LogP contribution in [0.5, 0.6) is 0 Å². The van der Waals surface area contributed by atoms with Gasteiger partial charge in [0.1, 0.15) is 5.37 Å². The van der Waals surface area contributed by atoms with Gasteiger partial charge in [0, 0.05) is 30.6 Å². The highest BCUT2D eigenvalue weighted by molar-refractivity contribution is 7.99. The number of nitrogens with zero attached hydrogens (tertiary/aromatic N) is 2. The lowest BCUT2D eigenvalue weighted by Crippen LogP contribution is -2.35. The highest BCUT2D eigenvalue weighted by atomic mass is 32.2. The van der Waals surface area contributed by atoms with Crippen LogP contribution >= 0.6 is 11.8 Å². The average molecular weight is 292 g/mol. The molecule has 1 aliphatic rings. The lowest BCUT2D eigenvalue weighted by Gasteiger charge is -2.28. The Hall–Kier alpha value is -1.03. The number of unbranched alkanes of at least 4 members (excludes halogenated alkanes) is 1. The highest BCUT2D eigenvalue weighted by Gasteiger charge is 2.33. The molecule has 2 atom stereocenters. The van der Waals surface area contributed by atoms with Crippen molar-refractivity contribution in [2.24, 2.45) is 5.92 Å². The number of amides is 1. The number of rotatable bonds is 6. The van der Waals surface area contributed by atoms with Crippen LogP contribution in [-0.4, -0.2) is 28.1 Å². The van der Waals surface area contributed by atoms with Crippen LogP contribution in [0.15, 0.2) is 24.5 Å². The predicted octanol–water partition coefficient (Wildman–Crippen LogP) is 3.87. The standard InChI is InChI=1S/C16H24N2OS/c1-3-5-6-13(4-2)15(19)18-11-12-20-16(18)14-7-9-17-10-8-14/h7-10,13,16H,3-6,11-12H2,1-2H3. The molecule has 0 aliphatic carbocycles. The molecule has 1 saturated heterocycles. The largest absolute Gasteiger partial charge is 0.325 e. The highest BCUT2D eigenvalue weighted by Crippen LogP contribution is 2.39. The van der Waals surface area contributed by atoms with Crippen molar-refractivity contribution in [2.45, 2.75) is 44.9 Å². The van der Waals surface area contributed by atoms with Gasteiger partial charge in [-0.2, -0.15) is 0 Å². The maximum atomic E-state index is 12.8. The molecule has 2 unspecified atom stereocenters. The molecule has 0 N–H and O–H groups in total. The van der Waals surface area contributed by atoms with Crippen molar-refractivity contribution in [3.05, 3.63) is 30.1 Å².